The van der Waals surface area contributed by atoms with Gasteiger partial charge in [0.15, 0.2) is 0 Å². The number of aryl methyl sites for hydroxylation is 1. The fourth-order valence-electron chi connectivity index (χ4n) is 3.28. The van der Waals surface area contributed by atoms with Gasteiger partial charge in [-0.25, -0.2) is 0 Å². The molecule has 0 saturated carbocycles. The van der Waals surface area contributed by atoms with Crippen LogP contribution in [0.2, 0.25) is 0 Å². The maximum Gasteiger partial charge on any atom is 0.266 e. The zero-order valence-electron chi connectivity index (χ0n) is 13.2. The van der Waals surface area contributed by atoms with E-state index >= 15 is 0 Å². The van der Waals surface area contributed by atoms with Gasteiger partial charge in [0.2, 0.25) is 10.8 Å². The molecule has 1 N–H and O–H groups in total. The summed E-state index contributed by atoms with van der Waals surface area (Å²) >= 11 is 4.92. The fourth-order valence-corrected chi connectivity index (χ4v) is 5.13. The highest BCUT2D eigenvalue weighted by Crippen LogP contribution is 2.56. The van der Waals surface area contributed by atoms with Crippen LogP contribution in [-0.4, -0.2) is 17.1 Å². The Labute approximate surface area is 152 Å². The molecular weight excluding hydrogens is 388 g/mol. The molecule has 1 saturated heterocycles. The Hall–Kier alpha value is -1.79. The quantitative estimate of drug-likeness (QED) is 0.782. The van der Waals surface area contributed by atoms with E-state index in [4.69, 9.17) is 0 Å². The summed E-state index contributed by atoms with van der Waals surface area (Å²) in [6, 6.07) is 13.3. The molecule has 2 aliphatic rings. The van der Waals surface area contributed by atoms with Gasteiger partial charge in [0.1, 0.15) is 0 Å². The third-order valence-electron chi connectivity index (χ3n) is 4.49. The van der Waals surface area contributed by atoms with E-state index in [1.165, 1.54) is 11.8 Å². The molecule has 1 spiro atoms. The molecule has 2 aromatic carbocycles. The van der Waals surface area contributed by atoms with Gasteiger partial charge in [0.25, 0.3) is 5.91 Å². The number of carbonyl (C=O) groups excluding carboxylic acids is 2. The lowest BCUT2D eigenvalue weighted by Gasteiger charge is -2.32. The third-order valence-corrected chi connectivity index (χ3v) is 6.83. The molecule has 0 bridgehead atoms. The molecule has 4 rings (SSSR count). The van der Waals surface area contributed by atoms with Crippen LogP contribution in [0.3, 0.4) is 0 Å². The second-order valence-electron chi connectivity index (χ2n) is 6.01. The Morgan fingerprint density at radius 1 is 1.21 bits per heavy atom. The van der Waals surface area contributed by atoms with E-state index in [-0.39, 0.29) is 17.1 Å². The van der Waals surface area contributed by atoms with Gasteiger partial charge in [0.05, 0.1) is 5.25 Å². The molecule has 0 aromatic heterocycles. The van der Waals surface area contributed by atoms with Gasteiger partial charge < -0.3 is 5.32 Å². The van der Waals surface area contributed by atoms with Crippen molar-refractivity contribution >= 4 is 50.9 Å². The smallest absolute Gasteiger partial charge is 0.266 e. The highest BCUT2D eigenvalue weighted by atomic mass is 79.9. The number of benzene rings is 2. The zero-order valence-corrected chi connectivity index (χ0v) is 15.6. The minimum absolute atomic E-state index is 0.0531. The monoisotopic (exact) mass is 402 g/mol. The van der Waals surface area contributed by atoms with Gasteiger partial charge in [-0.05, 0) is 37.6 Å². The van der Waals surface area contributed by atoms with Crippen molar-refractivity contribution in [2.75, 3.05) is 10.2 Å². The van der Waals surface area contributed by atoms with Gasteiger partial charge in [-0.15, -0.1) is 11.8 Å². The van der Waals surface area contributed by atoms with E-state index in [0.717, 1.165) is 27.0 Å². The van der Waals surface area contributed by atoms with Gasteiger partial charge >= 0.3 is 0 Å². The average Bonchev–Trinajstić information content (AvgIpc) is 2.98. The molecule has 6 heteroatoms. The number of halogens is 1. The maximum absolute atomic E-state index is 12.9. The Kier molecular flexibility index (Phi) is 3.51. The highest BCUT2D eigenvalue weighted by Gasteiger charge is 2.60. The molecular formula is C18H15BrN2O2S. The van der Waals surface area contributed by atoms with Crippen LogP contribution in [-0.2, 0) is 14.5 Å². The second kappa shape index (κ2) is 5.36. The summed E-state index contributed by atoms with van der Waals surface area (Å²) < 4.78 is 0.916. The predicted molar refractivity (Wildman–Crippen MR) is 100 cm³/mol. The van der Waals surface area contributed by atoms with Crippen molar-refractivity contribution in [1.29, 1.82) is 0 Å². The highest BCUT2D eigenvalue weighted by molar-refractivity contribution is 9.10. The molecule has 1 fully saturated rings. The largest absolute Gasteiger partial charge is 0.323 e. The van der Waals surface area contributed by atoms with Crippen LogP contribution in [0.5, 0.6) is 0 Å². The first-order valence-electron chi connectivity index (χ1n) is 7.64. The van der Waals surface area contributed by atoms with Crippen LogP contribution >= 0.6 is 27.7 Å². The molecule has 2 amide bonds. The minimum Gasteiger partial charge on any atom is -0.323 e. The van der Waals surface area contributed by atoms with E-state index in [9.17, 15) is 9.59 Å². The number of para-hydroxylation sites is 1. The number of hydrogen-bond acceptors (Lipinski definition) is 3. The van der Waals surface area contributed by atoms with Crippen LogP contribution in [0.25, 0.3) is 0 Å². The Morgan fingerprint density at radius 2 is 1.96 bits per heavy atom. The van der Waals surface area contributed by atoms with Gasteiger partial charge in [-0.1, -0.05) is 40.2 Å². The van der Waals surface area contributed by atoms with Crippen LogP contribution in [0, 0.1) is 6.92 Å². The molecule has 0 radical (unpaired) electrons. The summed E-state index contributed by atoms with van der Waals surface area (Å²) in [5.74, 6) is -0.217. The Morgan fingerprint density at radius 3 is 2.71 bits per heavy atom. The van der Waals surface area contributed by atoms with Gasteiger partial charge in [-0.2, -0.15) is 0 Å². The first-order valence-corrected chi connectivity index (χ1v) is 9.31. The van der Waals surface area contributed by atoms with Crippen LogP contribution in [0.1, 0.15) is 18.1 Å². The number of carbonyl (C=O) groups is 2. The number of amides is 2. The molecule has 2 atom stereocenters. The van der Waals surface area contributed by atoms with Gasteiger partial charge in [-0.3, -0.25) is 14.5 Å². The molecule has 2 aromatic rings. The summed E-state index contributed by atoms with van der Waals surface area (Å²) in [6.45, 7) is 3.84. The van der Waals surface area contributed by atoms with E-state index in [1.807, 2.05) is 56.3 Å². The van der Waals surface area contributed by atoms with Crippen LogP contribution in [0.4, 0.5) is 11.4 Å². The normalized spacial score (nSPS) is 25.3. The minimum atomic E-state index is -1.04. The zero-order chi connectivity index (χ0) is 17.1. The summed E-state index contributed by atoms with van der Waals surface area (Å²) in [7, 11) is 0. The predicted octanol–water partition coefficient (Wildman–Crippen LogP) is 4.03. The number of anilines is 2. The summed E-state index contributed by atoms with van der Waals surface area (Å²) in [5.41, 5.74) is 3.42. The van der Waals surface area contributed by atoms with Crippen molar-refractivity contribution in [2.45, 2.75) is 24.0 Å². The van der Waals surface area contributed by atoms with Crippen molar-refractivity contribution < 1.29 is 9.59 Å². The summed E-state index contributed by atoms with van der Waals surface area (Å²) in [4.78, 5) is 26.5. The lowest BCUT2D eigenvalue weighted by molar-refractivity contribution is -0.122. The summed E-state index contributed by atoms with van der Waals surface area (Å²) in [6.07, 6.45) is 0. The van der Waals surface area contributed by atoms with Crippen molar-refractivity contribution in [1.82, 2.24) is 0 Å². The first kappa shape index (κ1) is 15.7. The molecule has 2 aliphatic heterocycles. The van der Waals surface area contributed by atoms with Gasteiger partial charge in [0, 0.05) is 21.4 Å². The molecule has 0 unspecified atom stereocenters. The molecule has 2 heterocycles. The van der Waals surface area contributed by atoms with Crippen LogP contribution in [0.15, 0.2) is 46.9 Å². The van der Waals surface area contributed by atoms with E-state index in [0.29, 0.717) is 0 Å². The van der Waals surface area contributed by atoms with Crippen molar-refractivity contribution in [2.24, 2.45) is 0 Å². The number of nitrogens with one attached hydrogen (secondary N) is 1. The fraction of sp³-hybridized carbons (Fsp3) is 0.222. The Bertz CT molecular complexity index is 885. The lowest BCUT2D eigenvalue weighted by atomic mass is 10.0. The van der Waals surface area contributed by atoms with Crippen molar-refractivity contribution in [3.8, 4) is 0 Å². The van der Waals surface area contributed by atoms with E-state index < -0.39 is 4.87 Å². The summed E-state index contributed by atoms with van der Waals surface area (Å²) in [5, 5.41) is 2.64. The topological polar surface area (TPSA) is 49.4 Å². The number of thioether (sulfide) groups is 1. The van der Waals surface area contributed by atoms with E-state index in [2.05, 4.69) is 21.2 Å². The number of fused-ring (bicyclic) bond motifs is 2. The standard InChI is InChI=1S/C18H15BrN2O2S/c1-10-7-8-12(9-14(10)19)21-16(22)11(2)24-18(21)13-5-3-4-6-15(13)20-17(18)23/h3-9,11H,1-2H3,(H,20,23)/t11-,18-/m0/s1. The van der Waals surface area contributed by atoms with Crippen molar-refractivity contribution in [3.05, 3.63) is 58.1 Å². The Balaban J connectivity index is 1.95. The van der Waals surface area contributed by atoms with Crippen LogP contribution < -0.4 is 10.2 Å². The third kappa shape index (κ3) is 1.99. The van der Waals surface area contributed by atoms with Crippen molar-refractivity contribution in [3.63, 3.8) is 0 Å². The SMILES string of the molecule is Cc1ccc(N2C(=O)[C@H](C)S[C@@]23C(=O)Nc2ccccc23)cc1Br. The number of hydrogen-bond donors (Lipinski definition) is 1. The molecule has 24 heavy (non-hydrogen) atoms. The number of nitrogens with zero attached hydrogens (tertiary/aromatic N) is 1. The van der Waals surface area contributed by atoms with E-state index in [1.54, 1.807) is 4.90 Å². The number of rotatable bonds is 1. The first-order chi connectivity index (χ1) is 11.4. The average molecular weight is 403 g/mol. The molecule has 0 aliphatic carbocycles. The lowest BCUT2D eigenvalue weighted by Crippen LogP contribution is -2.47. The second-order valence-corrected chi connectivity index (χ2v) is 8.40. The maximum atomic E-state index is 12.9. The molecule has 122 valence electrons. The molecule has 4 nitrogen and oxygen atoms in total.